The van der Waals surface area contributed by atoms with Gasteiger partial charge in [-0.05, 0) is 65.1 Å². The van der Waals surface area contributed by atoms with Gasteiger partial charge in [0.2, 0.25) is 0 Å². The lowest BCUT2D eigenvalue weighted by molar-refractivity contribution is 0.557. The molecule has 2 rings (SSSR count). The summed E-state index contributed by atoms with van der Waals surface area (Å²) in [6.07, 6.45) is 0.792. The van der Waals surface area contributed by atoms with E-state index in [4.69, 9.17) is 11.6 Å². The predicted molar refractivity (Wildman–Crippen MR) is 88.3 cm³/mol. The maximum Gasteiger partial charge on any atom is 0.141 e. The minimum atomic E-state index is -0.370. The van der Waals surface area contributed by atoms with Gasteiger partial charge < -0.3 is 5.32 Å². The molecule has 1 nitrogen and oxygen atoms in total. The van der Waals surface area contributed by atoms with E-state index in [2.05, 4.69) is 41.2 Å². The van der Waals surface area contributed by atoms with Crippen LogP contribution in [0.4, 0.5) is 4.39 Å². The van der Waals surface area contributed by atoms with E-state index in [1.165, 1.54) is 16.5 Å². The van der Waals surface area contributed by atoms with Gasteiger partial charge in [0, 0.05) is 10.9 Å². The monoisotopic (exact) mass is 375 g/mol. The summed E-state index contributed by atoms with van der Waals surface area (Å²) in [6, 6.07) is 7.33. The molecule has 2 aromatic rings. The van der Waals surface area contributed by atoms with Crippen LogP contribution in [0.3, 0.4) is 0 Å². The van der Waals surface area contributed by atoms with Crippen LogP contribution in [0, 0.1) is 12.7 Å². The van der Waals surface area contributed by atoms with Gasteiger partial charge in [0.05, 0.1) is 8.81 Å². The van der Waals surface area contributed by atoms with Crippen molar-refractivity contribution in [2.45, 2.75) is 26.3 Å². The molecule has 0 saturated heterocycles. The van der Waals surface area contributed by atoms with Gasteiger partial charge in [0.1, 0.15) is 5.82 Å². The second-order valence-corrected chi connectivity index (χ2v) is 7.48. The van der Waals surface area contributed by atoms with E-state index >= 15 is 0 Å². The fourth-order valence-corrected chi connectivity index (χ4v) is 3.93. The summed E-state index contributed by atoms with van der Waals surface area (Å²) in [5.41, 5.74) is 2.27. The molecule has 1 aromatic heterocycles. The number of halogens is 3. The average Bonchev–Trinajstić information content (AvgIpc) is 2.73. The van der Waals surface area contributed by atoms with Crippen LogP contribution < -0.4 is 5.32 Å². The van der Waals surface area contributed by atoms with Crippen molar-refractivity contribution in [1.29, 1.82) is 0 Å². The number of aryl methyl sites for hydroxylation is 1. The number of thiophene rings is 1. The fraction of sp³-hybridized carbons (Fsp3) is 0.333. The van der Waals surface area contributed by atoms with Crippen molar-refractivity contribution >= 4 is 38.9 Å². The largest absolute Gasteiger partial charge is 0.309 e. The van der Waals surface area contributed by atoms with E-state index < -0.39 is 0 Å². The number of benzene rings is 1. The molecule has 1 heterocycles. The number of likely N-dealkylation sites (N-methyl/N-ethyl adjacent to an activating group) is 1. The molecule has 1 N–H and O–H groups in total. The van der Waals surface area contributed by atoms with Gasteiger partial charge in [0.25, 0.3) is 0 Å². The van der Waals surface area contributed by atoms with Crippen LogP contribution in [0.5, 0.6) is 0 Å². The molecule has 0 aliphatic heterocycles. The minimum absolute atomic E-state index is 0.182. The van der Waals surface area contributed by atoms with Crippen molar-refractivity contribution in [1.82, 2.24) is 5.32 Å². The Morgan fingerprint density at radius 1 is 1.40 bits per heavy atom. The number of nitrogens with one attached hydrogen (secondary N) is 1. The Labute approximate surface area is 136 Å². The van der Waals surface area contributed by atoms with E-state index in [0.29, 0.717) is 0 Å². The zero-order valence-corrected chi connectivity index (χ0v) is 14.5. The van der Waals surface area contributed by atoms with Crippen LogP contribution in [0.1, 0.15) is 29.0 Å². The molecule has 0 saturated carbocycles. The molecular formula is C15H16BrClFNS. The molecule has 1 unspecified atom stereocenters. The molecule has 0 aliphatic rings. The van der Waals surface area contributed by atoms with Crippen LogP contribution in [0.25, 0.3) is 0 Å². The Bertz CT molecular complexity index is 580. The molecular weight excluding hydrogens is 361 g/mol. The Kier molecular flexibility index (Phi) is 5.61. The van der Waals surface area contributed by atoms with Crippen molar-refractivity contribution in [3.8, 4) is 0 Å². The molecule has 0 aliphatic carbocycles. The highest BCUT2D eigenvalue weighted by Crippen LogP contribution is 2.33. The van der Waals surface area contributed by atoms with Crippen LogP contribution in [0.2, 0.25) is 5.02 Å². The number of hydrogen-bond acceptors (Lipinski definition) is 2. The van der Waals surface area contributed by atoms with E-state index in [0.717, 1.165) is 22.3 Å². The zero-order chi connectivity index (χ0) is 14.7. The van der Waals surface area contributed by atoms with Crippen molar-refractivity contribution in [3.63, 3.8) is 0 Å². The van der Waals surface area contributed by atoms with Crippen LogP contribution in [-0.4, -0.2) is 6.54 Å². The van der Waals surface area contributed by atoms with Crippen molar-refractivity contribution in [2.24, 2.45) is 0 Å². The minimum Gasteiger partial charge on any atom is -0.309 e. The predicted octanol–water partition coefficient (Wildman–Crippen LogP) is 5.50. The molecule has 20 heavy (non-hydrogen) atoms. The van der Waals surface area contributed by atoms with Gasteiger partial charge in [-0.25, -0.2) is 4.39 Å². The van der Waals surface area contributed by atoms with Gasteiger partial charge >= 0.3 is 0 Å². The summed E-state index contributed by atoms with van der Waals surface area (Å²) in [4.78, 5) is 1.27. The van der Waals surface area contributed by atoms with Crippen molar-refractivity contribution < 1.29 is 4.39 Å². The highest BCUT2D eigenvalue weighted by Gasteiger charge is 2.15. The summed E-state index contributed by atoms with van der Waals surface area (Å²) in [5, 5.41) is 3.66. The lowest BCUT2D eigenvalue weighted by atomic mass is 10.0. The van der Waals surface area contributed by atoms with Gasteiger partial charge in [-0.2, -0.15) is 0 Å². The highest BCUT2D eigenvalue weighted by molar-refractivity contribution is 9.11. The first kappa shape index (κ1) is 16.0. The SMILES string of the molecule is CCNC(Cc1ccc(F)c(Cl)c1)c1cc(C)c(Br)s1. The number of hydrogen-bond donors (Lipinski definition) is 1. The van der Waals surface area contributed by atoms with Crippen LogP contribution >= 0.6 is 38.9 Å². The van der Waals surface area contributed by atoms with Crippen molar-refractivity contribution in [2.75, 3.05) is 6.54 Å². The molecule has 108 valence electrons. The Morgan fingerprint density at radius 3 is 2.70 bits per heavy atom. The standard InChI is InChI=1S/C15H16BrClFNS/c1-3-19-13(14-6-9(2)15(16)20-14)8-10-4-5-12(18)11(17)7-10/h4-7,13,19H,3,8H2,1-2H3. The van der Waals surface area contributed by atoms with Gasteiger partial charge in [-0.3, -0.25) is 0 Å². The summed E-state index contributed by atoms with van der Waals surface area (Å²) in [6.45, 7) is 5.05. The first-order valence-corrected chi connectivity index (χ1v) is 8.43. The summed E-state index contributed by atoms with van der Waals surface area (Å²) < 4.78 is 14.4. The zero-order valence-electron chi connectivity index (χ0n) is 11.3. The molecule has 0 fully saturated rings. The maximum atomic E-state index is 13.2. The average molecular weight is 377 g/mol. The lowest BCUT2D eigenvalue weighted by Gasteiger charge is -2.16. The molecule has 5 heteroatoms. The first-order chi connectivity index (χ1) is 9.51. The second kappa shape index (κ2) is 7.03. The lowest BCUT2D eigenvalue weighted by Crippen LogP contribution is -2.22. The Balaban J connectivity index is 2.22. The number of rotatable bonds is 5. The molecule has 0 spiro atoms. The maximum absolute atomic E-state index is 13.2. The Hall–Kier alpha value is -0.420. The molecule has 0 amide bonds. The highest BCUT2D eigenvalue weighted by atomic mass is 79.9. The Morgan fingerprint density at radius 2 is 2.15 bits per heavy atom. The molecule has 0 radical (unpaired) electrons. The van der Waals surface area contributed by atoms with E-state index in [-0.39, 0.29) is 16.9 Å². The van der Waals surface area contributed by atoms with E-state index in [9.17, 15) is 4.39 Å². The van der Waals surface area contributed by atoms with Gasteiger partial charge in [0.15, 0.2) is 0 Å². The third-order valence-corrected chi connectivity index (χ3v) is 5.63. The third-order valence-electron chi connectivity index (χ3n) is 3.09. The molecule has 1 atom stereocenters. The van der Waals surface area contributed by atoms with Crippen molar-refractivity contribution in [3.05, 3.63) is 54.9 Å². The van der Waals surface area contributed by atoms with E-state index in [1.54, 1.807) is 23.5 Å². The van der Waals surface area contributed by atoms with Crippen LogP contribution in [0.15, 0.2) is 28.1 Å². The van der Waals surface area contributed by atoms with Gasteiger partial charge in [-0.15, -0.1) is 11.3 Å². The first-order valence-electron chi connectivity index (χ1n) is 6.44. The summed E-state index contributed by atoms with van der Waals surface area (Å²) in [5.74, 6) is -0.370. The van der Waals surface area contributed by atoms with Crippen LogP contribution in [-0.2, 0) is 6.42 Å². The molecule has 1 aromatic carbocycles. The van der Waals surface area contributed by atoms with Gasteiger partial charge in [-0.1, -0.05) is 24.6 Å². The third kappa shape index (κ3) is 3.82. The fourth-order valence-electron chi connectivity index (χ4n) is 2.08. The normalized spacial score (nSPS) is 12.7. The topological polar surface area (TPSA) is 12.0 Å². The quantitative estimate of drug-likeness (QED) is 0.726. The second-order valence-electron chi connectivity index (χ2n) is 4.67. The summed E-state index contributed by atoms with van der Waals surface area (Å²) >= 11 is 11.1. The summed E-state index contributed by atoms with van der Waals surface area (Å²) in [7, 11) is 0. The smallest absolute Gasteiger partial charge is 0.141 e. The van der Waals surface area contributed by atoms with E-state index in [1.807, 2.05) is 0 Å². The molecule has 0 bridgehead atoms.